The molecule has 0 aliphatic heterocycles. The van der Waals surface area contributed by atoms with Crippen molar-refractivity contribution in [2.24, 2.45) is 17.8 Å². The van der Waals surface area contributed by atoms with Crippen LogP contribution in [0.2, 0.25) is 0 Å². The zero-order valence-electron chi connectivity index (χ0n) is 12.8. The molecule has 4 fully saturated rings. The van der Waals surface area contributed by atoms with Crippen LogP contribution < -0.4 is 10.6 Å². The van der Waals surface area contributed by atoms with Crippen LogP contribution in [-0.4, -0.2) is 26.8 Å². The third-order valence-electron chi connectivity index (χ3n) is 6.12. The SMILES string of the molecule is COn1cnc2c(C34CC5CC(CC(C5)C3)C4)nc(N)nc21. The Balaban J connectivity index is 1.72. The van der Waals surface area contributed by atoms with Gasteiger partial charge in [0.05, 0.1) is 5.69 Å². The Labute approximate surface area is 129 Å². The summed E-state index contributed by atoms with van der Waals surface area (Å²) in [6.07, 6.45) is 9.63. The van der Waals surface area contributed by atoms with E-state index in [-0.39, 0.29) is 5.41 Å². The van der Waals surface area contributed by atoms with E-state index >= 15 is 0 Å². The number of hydrogen-bond acceptors (Lipinski definition) is 5. The van der Waals surface area contributed by atoms with E-state index in [1.807, 2.05) is 0 Å². The monoisotopic (exact) mass is 299 g/mol. The van der Waals surface area contributed by atoms with Gasteiger partial charge < -0.3 is 10.6 Å². The van der Waals surface area contributed by atoms with Gasteiger partial charge in [0, 0.05) is 5.41 Å². The summed E-state index contributed by atoms with van der Waals surface area (Å²) in [4.78, 5) is 18.9. The van der Waals surface area contributed by atoms with Gasteiger partial charge in [-0.3, -0.25) is 0 Å². The molecule has 6 nitrogen and oxygen atoms in total. The topological polar surface area (TPSA) is 78.8 Å². The second-order valence-electron chi connectivity index (χ2n) is 7.55. The predicted octanol–water partition coefficient (Wildman–Crippen LogP) is 1.93. The quantitative estimate of drug-likeness (QED) is 0.916. The van der Waals surface area contributed by atoms with Crippen LogP contribution in [0.15, 0.2) is 6.33 Å². The maximum absolute atomic E-state index is 6.01. The number of aromatic nitrogens is 4. The summed E-state index contributed by atoms with van der Waals surface area (Å²) in [6, 6.07) is 0. The molecule has 4 saturated carbocycles. The molecule has 0 amide bonds. The standard InChI is InChI=1S/C16H21N5O/c1-22-21-8-18-12-13(19-15(17)20-14(12)21)16-5-9-2-10(6-16)4-11(3-9)7-16/h8-11H,2-7H2,1H3,(H2,17,19,20). The molecule has 0 atom stereocenters. The molecule has 6 rings (SSSR count). The zero-order valence-corrected chi connectivity index (χ0v) is 12.8. The number of rotatable bonds is 2. The van der Waals surface area contributed by atoms with Crippen molar-refractivity contribution < 1.29 is 4.84 Å². The first kappa shape index (κ1) is 12.7. The van der Waals surface area contributed by atoms with Gasteiger partial charge in [0.1, 0.15) is 19.0 Å². The molecule has 4 aliphatic carbocycles. The summed E-state index contributed by atoms with van der Waals surface area (Å²) in [5.41, 5.74) is 8.81. The van der Waals surface area contributed by atoms with Crippen LogP contribution in [0.4, 0.5) is 5.95 Å². The van der Waals surface area contributed by atoms with Crippen molar-refractivity contribution in [3.05, 3.63) is 12.0 Å². The third-order valence-corrected chi connectivity index (χ3v) is 6.12. The van der Waals surface area contributed by atoms with Gasteiger partial charge in [-0.25, -0.2) is 9.97 Å². The maximum Gasteiger partial charge on any atom is 0.222 e. The summed E-state index contributed by atoms with van der Waals surface area (Å²) in [5, 5.41) is 0. The van der Waals surface area contributed by atoms with Gasteiger partial charge in [-0.15, -0.1) is 0 Å². The van der Waals surface area contributed by atoms with Crippen LogP contribution in [-0.2, 0) is 5.41 Å². The highest BCUT2D eigenvalue weighted by Crippen LogP contribution is 2.60. The molecule has 4 bridgehead atoms. The summed E-state index contributed by atoms with van der Waals surface area (Å²) in [5.74, 6) is 2.92. The van der Waals surface area contributed by atoms with Gasteiger partial charge >= 0.3 is 0 Å². The lowest BCUT2D eigenvalue weighted by Gasteiger charge is -2.56. The molecule has 22 heavy (non-hydrogen) atoms. The Bertz CT molecular complexity index is 717. The molecular formula is C16H21N5O. The van der Waals surface area contributed by atoms with Gasteiger partial charge in [0.2, 0.25) is 11.6 Å². The number of fused-ring (bicyclic) bond motifs is 1. The normalized spacial score (nSPS) is 36.1. The lowest BCUT2D eigenvalue weighted by atomic mass is 9.48. The van der Waals surface area contributed by atoms with Crippen molar-refractivity contribution in [1.29, 1.82) is 0 Å². The average molecular weight is 299 g/mol. The Kier molecular flexibility index (Phi) is 2.37. The molecule has 0 aromatic carbocycles. The Morgan fingerprint density at radius 3 is 2.36 bits per heavy atom. The number of anilines is 1. The van der Waals surface area contributed by atoms with Crippen LogP contribution in [0.3, 0.4) is 0 Å². The number of hydrogen-bond donors (Lipinski definition) is 1. The van der Waals surface area contributed by atoms with Crippen LogP contribution in [0.1, 0.15) is 44.2 Å². The highest BCUT2D eigenvalue weighted by molar-refractivity contribution is 5.76. The first-order valence-corrected chi connectivity index (χ1v) is 8.22. The molecule has 0 saturated heterocycles. The van der Waals surface area contributed by atoms with Gasteiger partial charge in [-0.1, -0.05) is 0 Å². The maximum atomic E-state index is 6.01. The van der Waals surface area contributed by atoms with E-state index in [4.69, 9.17) is 10.6 Å². The van der Waals surface area contributed by atoms with Gasteiger partial charge in [-0.05, 0) is 56.3 Å². The Hall–Kier alpha value is -1.85. The fourth-order valence-electron chi connectivity index (χ4n) is 5.80. The lowest BCUT2D eigenvalue weighted by Crippen LogP contribution is -2.49. The van der Waals surface area contributed by atoms with Crippen LogP contribution in [0.25, 0.3) is 11.2 Å². The molecule has 2 aromatic rings. The molecule has 0 spiro atoms. The van der Waals surface area contributed by atoms with E-state index in [2.05, 4.69) is 15.0 Å². The fraction of sp³-hybridized carbons (Fsp3) is 0.688. The highest BCUT2D eigenvalue weighted by Gasteiger charge is 2.53. The molecule has 4 aliphatic rings. The smallest absolute Gasteiger partial charge is 0.222 e. The fourth-order valence-corrected chi connectivity index (χ4v) is 5.80. The van der Waals surface area contributed by atoms with Gasteiger partial charge in [0.15, 0.2) is 0 Å². The Morgan fingerprint density at radius 1 is 1.14 bits per heavy atom. The predicted molar refractivity (Wildman–Crippen MR) is 82.1 cm³/mol. The summed E-state index contributed by atoms with van der Waals surface area (Å²) in [6.45, 7) is 0. The lowest BCUT2D eigenvalue weighted by molar-refractivity contribution is -0.00650. The first-order valence-electron chi connectivity index (χ1n) is 8.22. The van der Waals surface area contributed by atoms with Gasteiger partial charge in [-0.2, -0.15) is 9.71 Å². The van der Waals surface area contributed by atoms with E-state index in [0.717, 1.165) is 29.0 Å². The molecule has 2 N–H and O–H groups in total. The number of nitrogens with zero attached hydrogens (tertiary/aromatic N) is 4. The van der Waals surface area contributed by atoms with E-state index in [0.29, 0.717) is 11.6 Å². The number of nitrogens with two attached hydrogens (primary N) is 1. The summed E-state index contributed by atoms with van der Waals surface area (Å²) < 4.78 is 1.58. The molecule has 6 heteroatoms. The van der Waals surface area contributed by atoms with E-state index in [1.165, 1.54) is 38.5 Å². The van der Waals surface area contributed by atoms with Crippen molar-refractivity contribution in [2.45, 2.75) is 43.9 Å². The van der Waals surface area contributed by atoms with Crippen molar-refractivity contribution in [3.63, 3.8) is 0 Å². The molecule has 2 heterocycles. The van der Waals surface area contributed by atoms with Crippen LogP contribution in [0.5, 0.6) is 0 Å². The summed E-state index contributed by atoms with van der Waals surface area (Å²) in [7, 11) is 1.61. The van der Waals surface area contributed by atoms with Crippen molar-refractivity contribution >= 4 is 17.1 Å². The second-order valence-corrected chi connectivity index (χ2v) is 7.55. The van der Waals surface area contributed by atoms with Gasteiger partial charge in [0.25, 0.3) is 0 Å². The highest BCUT2D eigenvalue weighted by atomic mass is 16.6. The Morgan fingerprint density at radius 2 is 1.77 bits per heavy atom. The third kappa shape index (κ3) is 1.58. The molecule has 0 unspecified atom stereocenters. The van der Waals surface area contributed by atoms with E-state index in [1.54, 1.807) is 18.2 Å². The largest absolute Gasteiger partial charge is 0.414 e. The van der Waals surface area contributed by atoms with Crippen molar-refractivity contribution in [2.75, 3.05) is 12.8 Å². The minimum Gasteiger partial charge on any atom is -0.414 e. The molecule has 2 aromatic heterocycles. The van der Waals surface area contributed by atoms with Crippen molar-refractivity contribution in [1.82, 2.24) is 19.7 Å². The summed E-state index contributed by atoms with van der Waals surface area (Å²) >= 11 is 0. The molecular weight excluding hydrogens is 278 g/mol. The minimum absolute atomic E-state index is 0.164. The minimum atomic E-state index is 0.164. The molecule has 0 radical (unpaired) electrons. The van der Waals surface area contributed by atoms with Crippen LogP contribution in [0, 0.1) is 17.8 Å². The first-order chi connectivity index (χ1) is 10.7. The number of imidazole rings is 1. The number of nitrogen functional groups attached to an aromatic ring is 1. The zero-order chi connectivity index (χ0) is 14.9. The van der Waals surface area contributed by atoms with Crippen molar-refractivity contribution in [3.8, 4) is 0 Å². The molecule has 116 valence electrons. The average Bonchev–Trinajstić information content (AvgIpc) is 2.87. The van der Waals surface area contributed by atoms with E-state index < -0.39 is 0 Å². The van der Waals surface area contributed by atoms with Crippen LogP contribution >= 0.6 is 0 Å². The second kappa shape index (κ2) is 4.12. The van der Waals surface area contributed by atoms with E-state index in [9.17, 15) is 0 Å².